The van der Waals surface area contributed by atoms with Crippen LogP contribution in [0.2, 0.25) is 0 Å². The fourth-order valence-corrected chi connectivity index (χ4v) is 2.09. The highest BCUT2D eigenvalue weighted by Gasteiger charge is 2.07. The molecule has 1 atom stereocenters. The van der Waals surface area contributed by atoms with Gasteiger partial charge >= 0.3 is 0 Å². The van der Waals surface area contributed by atoms with Crippen molar-refractivity contribution >= 4 is 0 Å². The van der Waals surface area contributed by atoms with Gasteiger partial charge in [0.15, 0.2) is 0 Å². The van der Waals surface area contributed by atoms with Gasteiger partial charge in [0.2, 0.25) is 0 Å². The number of hydrogen-bond acceptors (Lipinski definition) is 3. The van der Waals surface area contributed by atoms with Crippen LogP contribution in [0.15, 0.2) is 48.5 Å². The van der Waals surface area contributed by atoms with Crippen molar-refractivity contribution in [1.82, 2.24) is 5.32 Å². The fourth-order valence-electron chi connectivity index (χ4n) is 2.09. The lowest BCUT2D eigenvalue weighted by atomic mass is 10.1. The first-order chi connectivity index (χ1) is 11.2. The van der Waals surface area contributed by atoms with Crippen LogP contribution in [0.5, 0.6) is 5.75 Å². The molecule has 2 aromatic carbocycles. The van der Waals surface area contributed by atoms with E-state index in [2.05, 4.69) is 11.2 Å². The van der Waals surface area contributed by atoms with E-state index in [0.717, 1.165) is 11.3 Å². The summed E-state index contributed by atoms with van der Waals surface area (Å²) in [6.07, 6.45) is 5.09. The van der Waals surface area contributed by atoms with Gasteiger partial charge in [-0.1, -0.05) is 24.3 Å². The number of halogens is 1. The monoisotopic (exact) mass is 313 g/mol. The Morgan fingerprint density at radius 3 is 2.48 bits per heavy atom. The summed E-state index contributed by atoms with van der Waals surface area (Å²) in [6, 6.07) is 13.6. The number of hydrogen-bond donors (Lipinski definition) is 2. The molecule has 0 bridgehead atoms. The zero-order chi connectivity index (χ0) is 16.5. The molecule has 0 amide bonds. The van der Waals surface area contributed by atoms with Crippen LogP contribution in [0.4, 0.5) is 4.39 Å². The third-order valence-electron chi connectivity index (χ3n) is 3.36. The molecule has 0 fully saturated rings. The molecule has 0 aliphatic heterocycles. The van der Waals surface area contributed by atoms with Gasteiger partial charge in [0.05, 0.1) is 12.7 Å². The maximum Gasteiger partial charge on any atom is 0.123 e. The Labute approximate surface area is 136 Å². The van der Waals surface area contributed by atoms with E-state index in [0.29, 0.717) is 31.7 Å². The highest BCUT2D eigenvalue weighted by Crippen LogP contribution is 2.14. The first-order valence-electron chi connectivity index (χ1n) is 7.48. The first kappa shape index (κ1) is 17.0. The smallest absolute Gasteiger partial charge is 0.123 e. The van der Waals surface area contributed by atoms with Crippen LogP contribution in [-0.4, -0.2) is 18.3 Å². The molecule has 0 aliphatic carbocycles. The molecule has 3 nitrogen and oxygen atoms in total. The summed E-state index contributed by atoms with van der Waals surface area (Å²) < 4.78 is 18.3. The van der Waals surface area contributed by atoms with E-state index in [1.165, 1.54) is 12.1 Å². The number of ether oxygens (including phenoxy) is 1. The summed E-state index contributed by atoms with van der Waals surface area (Å²) in [6.45, 7) is 1.53. The van der Waals surface area contributed by atoms with Crippen molar-refractivity contribution in [3.63, 3.8) is 0 Å². The predicted octanol–water partition coefficient (Wildman–Crippen LogP) is 3.05. The number of aliphatic hydroxyl groups is 1. The largest absolute Gasteiger partial charge is 0.493 e. The summed E-state index contributed by atoms with van der Waals surface area (Å²) in [4.78, 5) is 0. The van der Waals surface area contributed by atoms with E-state index >= 15 is 0 Å². The molecule has 0 spiro atoms. The van der Waals surface area contributed by atoms with Crippen LogP contribution in [0.1, 0.15) is 23.7 Å². The zero-order valence-electron chi connectivity index (χ0n) is 12.8. The van der Waals surface area contributed by atoms with Crippen molar-refractivity contribution in [3.8, 4) is 18.1 Å². The van der Waals surface area contributed by atoms with Crippen molar-refractivity contribution in [3.05, 3.63) is 65.5 Å². The normalized spacial score (nSPS) is 11.7. The minimum Gasteiger partial charge on any atom is -0.493 e. The molecule has 120 valence electrons. The van der Waals surface area contributed by atoms with E-state index in [4.69, 9.17) is 11.2 Å². The molecule has 1 unspecified atom stereocenters. The second-order valence-electron chi connectivity index (χ2n) is 5.14. The van der Waals surface area contributed by atoms with Crippen molar-refractivity contribution in [2.45, 2.75) is 19.1 Å². The van der Waals surface area contributed by atoms with Crippen LogP contribution >= 0.6 is 0 Å². The third kappa shape index (κ3) is 5.74. The number of nitrogens with one attached hydrogen (secondary N) is 1. The predicted molar refractivity (Wildman–Crippen MR) is 88.5 cm³/mol. The quantitative estimate of drug-likeness (QED) is 0.581. The van der Waals surface area contributed by atoms with E-state index in [-0.39, 0.29) is 5.82 Å². The number of benzene rings is 2. The van der Waals surface area contributed by atoms with Crippen LogP contribution in [0.3, 0.4) is 0 Å². The Balaban J connectivity index is 1.75. The highest BCUT2D eigenvalue weighted by molar-refractivity contribution is 5.27. The maximum atomic E-state index is 12.8. The van der Waals surface area contributed by atoms with Gasteiger partial charge in [-0.3, -0.25) is 0 Å². The minimum absolute atomic E-state index is 0.307. The molecule has 0 aliphatic rings. The van der Waals surface area contributed by atoms with Crippen molar-refractivity contribution in [1.29, 1.82) is 0 Å². The van der Waals surface area contributed by atoms with Crippen LogP contribution in [0, 0.1) is 18.2 Å². The molecule has 0 aromatic heterocycles. The van der Waals surface area contributed by atoms with Gasteiger partial charge in [-0.05, 0) is 35.4 Å². The molecule has 0 radical (unpaired) electrons. The van der Waals surface area contributed by atoms with E-state index < -0.39 is 6.10 Å². The van der Waals surface area contributed by atoms with Crippen molar-refractivity contribution < 1.29 is 14.2 Å². The van der Waals surface area contributed by atoms with Crippen LogP contribution in [-0.2, 0) is 6.54 Å². The lowest BCUT2D eigenvalue weighted by Crippen LogP contribution is -2.21. The first-order valence-corrected chi connectivity index (χ1v) is 7.48. The Kier molecular flexibility index (Phi) is 6.61. The van der Waals surface area contributed by atoms with Gasteiger partial charge in [-0.15, -0.1) is 12.3 Å². The molecule has 23 heavy (non-hydrogen) atoms. The topological polar surface area (TPSA) is 41.5 Å². The Hall–Kier alpha value is -2.35. The molecule has 4 heteroatoms. The maximum absolute atomic E-state index is 12.8. The third-order valence-corrected chi connectivity index (χ3v) is 3.36. The Morgan fingerprint density at radius 1 is 1.13 bits per heavy atom. The average molecular weight is 313 g/mol. The molecule has 2 aromatic rings. The van der Waals surface area contributed by atoms with Gasteiger partial charge in [-0.2, -0.15) is 0 Å². The van der Waals surface area contributed by atoms with Gasteiger partial charge in [0.1, 0.15) is 11.6 Å². The van der Waals surface area contributed by atoms with E-state index in [1.54, 1.807) is 12.1 Å². The Bertz CT molecular complexity index is 632. The number of aliphatic hydroxyl groups excluding tert-OH is 1. The van der Waals surface area contributed by atoms with Gasteiger partial charge in [0, 0.05) is 19.5 Å². The summed E-state index contributed by atoms with van der Waals surface area (Å²) in [5, 5.41) is 13.2. The standard InChI is InChI=1S/C19H20FNO2/c1-2-3-12-23-18-10-4-15(5-11-18)13-21-14-19(22)16-6-8-17(20)9-7-16/h1,4-11,19,21-22H,3,12-14H2. The molecule has 0 saturated carbocycles. The molecular formula is C19H20FNO2. The minimum atomic E-state index is -0.665. The van der Waals surface area contributed by atoms with E-state index in [1.807, 2.05) is 24.3 Å². The van der Waals surface area contributed by atoms with Crippen molar-refractivity contribution in [2.75, 3.05) is 13.2 Å². The summed E-state index contributed by atoms with van der Waals surface area (Å²) in [5.74, 6) is 3.01. The molecule has 2 rings (SSSR count). The molecular weight excluding hydrogens is 293 g/mol. The van der Waals surface area contributed by atoms with Crippen molar-refractivity contribution in [2.24, 2.45) is 0 Å². The summed E-state index contributed by atoms with van der Waals surface area (Å²) in [5.41, 5.74) is 1.77. The SMILES string of the molecule is C#CCCOc1ccc(CNCC(O)c2ccc(F)cc2)cc1. The van der Waals surface area contributed by atoms with Gasteiger partial charge in [0.25, 0.3) is 0 Å². The lowest BCUT2D eigenvalue weighted by Gasteiger charge is -2.12. The number of terminal acetylenes is 1. The number of rotatable bonds is 8. The highest BCUT2D eigenvalue weighted by atomic mass is 19.1. The summed E-state index contributed by atoms with van der Waals surface area (Å²) in [7, 11) is 0. The van der Waals surface area contributed by atoms with E-state index in [9.17, 15) is 9.50 Å². The van der Waals surface area contributed by atoms with Gasteiger partial charge < -0.3 is 15.2 Å². The van der Waals surface area contributed by atoms with Gasteiger partial charge in [-0.25, -0.2) is 4.39 Å². The zero-order valence-corrected chi connectivity index (χ0v) is 12.8. The second-order valence-corrected chi connectivity index (χ2v) is 5.14. The van der Waals surface area contributed by atoms with Crippen LogP contribution < -0.4 is 10.1 Å². The summed E-state index contributed by atoms with van der Waals surface area (Å²) >= 11 is 0. The molecule has 0 heterocycles. The second kappa shape index (κ2) is 8.94. The molecule has 2 N–H and O–H groups in total. The average Bonchev–Trinajstić information content (AvgIpc) is 2.57. The Morgan fingerprint density at radius 2 is 1.83 bits per heavy atom. The molecule has 0 saturated heterocycles. The van der Waals surface area contributed by atoms with Crippen LogP contribution in [0.25, 0.3) is 0 Å². The fraction of sp³-hybridized carbons (Fsp3) is 0.263. The lowest BCUT2D eigenvalue weighted by molar-refractivity contribution is 0.174.